The summed E-state index contributed by atoms with van der Waals surface area (Å²) in [6, 6.07) is 13.3. The molecule has 1 fully saturated rings. The van der Waals surface area contributed by atoms with Gasteiger partial charge in [0.2, 0.25) is 5.91 Å². The molecule has 0 bridgehead atoms. The molecule has 1 aliphatic heterocycles. The van der Waals surface area contributed by atoms with Gasteiger partial charge in [-0.2, -0.15) is 5.10 Å². The summed E-state index contributed by atoms with van der Waals surface area (Å²) in [5, 5.41) is 7.12. The Labute approximate surface area is 199 Å². The highest BCUT2D eigenvalue weighted by Crippen LogP contribution is 2.24. The van der Waals surface area contributed by atoms with Crippen LogP contribution in [0.5, 0.6) is 0 Å². The monoisotopic (exact) mass is 461 g/mol. The largest absolute Gasteiger partial charge is 0.354 e. The lowest BCUT2D eigenvalue weighted by atomic mass is 10.0. The first-order valence-electron chi connectivity index (χ1n) is 11.5. The van der Waals surface area contributed by atoms with E-state index in [1.54, 1.807) is 12.3 Å². The van der Waals surface area contributed by atoms with Crippen LogP contribution in [0.25, 0.3) is 5.69 Å². The van der Waals surface area contributed by atoms with E-state index < -0.39 is 0 Å². The third kappa shape index (κ3) is 4.94. The molecular weight excluding hydrogens is 430 g/mol. The SMILES string of the molecule is C=CCNC(=O)C(c1ccccc1)N1CCN(c2ccc(-n3cnn(C(C)C)c3=O)cn2)CC1. The van der Waals surface area contributed by atoms with Gasteiger partial charge in [-0.05, 0) is 31.5 Å². The van der Waals surface area contributed by atoms with Crippen LogP contribution in [0.3, 0.4) is 0 Å². The summed E-state index contributed by atoms with van der Waals surface area (Å²) in [5.74, 6) is 0.828. The summed E-state index contributed by atoms with van der Waals surface area (Å²) in [4.78, 5) is 34.5. The van der Waals surface area contributed by atoms with Crippen molar-refractivity contribution >= 4 is 11.7 Å². The zero-order chi connectivity index (χ0) is 24.1. The normalized spacial score (nSPS) is 15.3. The highest BCUT2D eigenvalue weighted by atomic mass is 16.2. The first kappa shape index (κ1) is 23.4. The second-order valence-electron chi connectivity index (χ2n) is 8.57. The minimum absolute atomic E-state index is 0.00385. The number of piperazine rings is 1. The van der Waals surface area contributed by atoms with E-state index in [4.69, 9.17) is 0 Å². The van der Waals surface area contributed by atoms with E-state index >= 15 is 0 Å². The number of carbonyl (C=O) groups excluding carboxylic acids is 1. The zero-order valence-electron chi connectivity index (χ0n) is 19.7. The van der Waals surface area contributed by atoms with Gasteiger partial charge in [-0.1, -0.05) is 36.4 Å². The quantitative estimate of drug-likeness (QED) is 0.518. The molecule has 1 saturated heterocycles. The summed E-state index contributed by atoms with van der Waals surface area (Å²) in [6.07, 6.45) is 4.92. The number of nitrogens with one attached hydrogen (secondary N) is 1. The number of hydrogen-bond donors (Lipinski definition) is 1. The van der Waals surface area contributed by atoms with Crippen molar-refractivity contribution in [3.05, 3.63) is 83.7 Å². The van der Waals surface area contributed by atoms with Crippen LogP contribution >= 0.6 is 0 Å². The van der Waals surface area contributed by atoms with Crippen molar-refractivity contribution in [2.24, 2.45) is 0 Å². The molecule has 3 heterocycles. The van der Waals surface area contributed by atoms with Crippen molar-refractivity contribution in [3.63, 3.8) is 0 Å². The molecule has 0 radical (unpaired) electrons. The molecule has 0 spiro atoms. The second-order valence-corrected chi connectivity index (χ2v) is 8.57. The number of aromatic nitrogens is 4. The third-order valence-electron chi connectivity index (χ3n) is 5.98. The fourth-order valence-electron chi connectivity index (χ4n) is 4.20. The predicted molar refractivity (Wildman–Crippen MR) is 132 cm³/mol. The van der Waals surface area contributed by atoms with Crippen LogP contribution in [0.2, 0.25) is 0 Å². The minimum Gasteiger partial charge on any atom is -0.354 e. The molecule has 34 heavy (non-hydrogen) atoms. The Balaban J connectivity index is 1.45. The molecular formula is C25H31N7O2. The van der Waals surface area contributed by atoms with Crippen molar-refractivity contribution in [3.8, 4) is 5.69 Å². The van der Waals surface area contributed by atoms with Crippen molar-refractivity contribution in [2.45, 2.75) is 25.9 Å². The van der Waals surface area contributed by atoms with E-state index in [1.165, 1.54) is 15.6 Å². The number of rotatable bonds is 8. The van der Waals surface area contributed by atoms with Crippen LogP contribution in [0.1, 0.15) is 31.5 Å². The first-order chi connectivity index (χ1) is 16.5. The Morgan fingerprint density at radius 3 is 2.44 bits per heavy atom. The molecule has 4 rings (SSSR count). The van der Waals surface area contributed by atoms with E-state index in [-0.39, 0.29) is 23.7 Å². The molecule has 1 atom stereocenters. The van der Waals surface area contributed by atoms with Gasteiger partial charge in [0.1, 0.15) is 18.2 Å². The molecule has 0 aliphatic carbocycles. The number of benzene rings is 1. The van der Waals surface area contributed by atoms with E-state index in [0.29, 0.717) is 12.2 Å². The van der Waals surface area contributed by atoms with Crippen molar-refractivity contribution in [1.82, 2.24) is 29.5 Å². The predicted octanol–water partition coefficient (Wildman–Crippen LogP) is 2.18. The average Bonchev–Trinajstić information content (AvgIpc) is 3.25. The molecule has 178 valence electrons. The van der Waals surface area contributed by atoms with Crippen LogP contribution in [0.4, 0.5) is 5.82 Å². The van der Waals surface area contributed by atoms with E-state index in [9.17, 15) is 9.59 Å². The number of carbonyl (C=O) groups is 1. The molecule has 1 N–H and O–H groups in total. The second kappa shape index (κ2) is 10.5. The topological polar surface area (TPSA) is 88.3 Å². The maximum atomic E-state index is 12.9. The molecule has 1 amide bonds. The number of pyridine rings is 1. The van der Waals surface area contributed by atoms with Gasteiger partial charge in [-0.25, -0.2) is 19.0 Å². The van der Waals surface area contributed by atoms with Crippen molar-refractivity contribution < 1.29 is 4.79 Å². The Morgan fingerprint density at radius 1 is 1.12 bits per heavy atom. The van der Waals surface area contributed by atoms with Gasteiger partial charge < -0.3 is 10.2 Å². The fraction of sp³-hybridized carbons (Fsp3) is 0.360. The van der Waals surface area contributed by atoms with Gasteiger partial charge >= 0.3 is 5.69 Å². The summed E-state index contributed by atoms with van der Waals surface area (Å²) < 4.78 is 2.95. The first-order valence-corrected chi connectivity index (χ1v) is 11.5. The number of amides is 1. The van der Waals surface area contributed by atoms with E-state index in [1.807, 2.05) is 56.3 Å². The highest BCUT2D eigenvalue weighted by Gasteiger charge is 2.30. The van der Waals surface area contributed by atoms with E-state index in [0.717, 1.165) is 37.6 Å². The molecule has 1 aliphatic rings. The molecule has 0 saturated carbocycles. The van der Waals surface area contributed by atoms with Crippen LogP contribution < -0.4 is 15.9 Å². The van der Waals surface area contributed by atoms with Gasteiger partial charge in [0.25, 0.3) is 0 Å². The number of hydrogen-bond acceptors (Lipinski definition) is 6. The van der Waals surface area contributed by atoms with Crippen LogP contribution in [0, 0.1) is 0 Å². The van der Waals surface area contributed by atoms with Crippen molar-refractivity contribution in [2.75, 3.05) is 37.6 Å². The Bertz CT molecular complexity index is 1160. The molecule has 2 aromatic heterocycles. The van der Waals surface area contributed by atoms with Gasteiger partial charge in [0, 0.05) is 32.7 Å². The maximum Gasteiger partial charge on any atom is 0.350 e. The van der Waals surface area contributed by atoms with Crippen molar-refractivity contribution in [1.29, 1.82) is 0 Å². The lowest BCUT2D eigenvalue weighted by molar-refractivity contribution is -0.126. The fourth-order valence-corrected chi connectivity index (χ4v) is 4.20. The number of nitrogens with zero attached hydrogens (tertiary/aromatic N) is 6. The van der Waals surface area contributed by atoms with Crippen LogP contribution in [-0.4, -0.2) is 62.9 Å². The Kier molecular flexibility index (Phi) is 7.22. The maximum absolute atomic E-state index is 12.9. The summed E-state index contributed by atoms with van der Waals surface area (Å²) in [5.41, 5.74) is 1.48. The summed E-state index contributed by atoms with van der Waals surface area (Å²) in [7, 11) is 0. The standard InChI is InChI=1S/C25H31N7O2/c1-4-12-26-24(33)23(20-8-6-5-7-9-20)30-15-13-29(14-16-30)22-11-10-21(17-27-22)31-18-28-32(19(2)3)25(31)34/h4-11,17-19,23H,1,12-16H2,2-3H3,(H,26,33). The molecule has 3 aromatic rings. The molecule has 1 unspecified atom stereocenters. The zero-order valence-corrected chi connectivity index (χ0v) is 19.7. The van der Waals surface area contributed by atoms with Gasteiger partial charge in [0.15, 0.2) is 0 Å². The molecule has 1 aromatic carbocycles. The van der Waals surface area contributed by atoms with Gasteiger partial charge in [-0.15, -0.1) is 6.58 Å². The van der Waals surface area contributed by atoms with Crippen LogP contribution in [0.15, 0.2) is 72.4 Å². The third-order valence-corrected chi connectivity index (χ3v) is 5.98. The Hall–Kier alpha value is -3.72. The highest BCUT2D eigenvalue weighted by molar-refractivity contribution is 5.83. The minimum atomic E-state index is -0.344. The molecule has 9 nitrogen and oxygen atoms in total. The molecule has 9 heteroatoms. The Morgan fingerprint density at radius 2 is 1.85 bits per heavy atom. The van der Waals surface area contributed by atoms with Gasteiger partial charge in [0.05, 0.1) is 17.9 Å². The average molecular weight is 462 g/mol. The van der Waals surface area contributed by atoms with E-state index in [2.05, 4.69) is 31.8 Å². The van der Waals surface area contributed by atoms with Gasteiger partial charge in [-0.3, -0.25) is 9.69 Å². The summed E-state index contributed by atoms with van der Waals surface area (Å²) in [6.45, 7) is 10.9. The smallest absolute Gasteiger partial charge is 0.350 e. The number of anilines is 1. The lowest BCUT2D eigenvalue weighted by Crippen LogP contribution is -2.51. The summed E-state index contributed by atoms with van der Waals surface area (Å²) >= 11 is 0. The lowest BCUT2D eigenvalue weighted by Gasteiger charge is -2.39. The van der Waals surface area contributed by atoms with Crippen LogP contribution in [-0.2, 0) is 4.79 Å².